The summed E-state index contributed by atoms with van der Waals surface area (Å²) in [5.41, 5.74) is 5.86. The van der Waals surface area contributed by atoms with Crippen LogP contribution in [0.1, 0.15) is 5.56 Å². The lowest BCUT2D eigenvalue weighted by Crippen LogP contribution is -2.28. The van der Waals surface area contributed by atoms with Crippen molar-refractivity contribution >= 4 is 49.6 Å². The molecule has 0 fully saturated rings. The van der Waals surface area contributed by atoms with E-state index in [-0.39, 0.29) is 27.2 Å². The van der Waals surface area contributed by atoms with Crippen LogP contribution in [0.4, 0.5) is 0 Å². The summed E-state index contributed by atoms with van der Waals surface area (Å²) in [6, 6.07) is 4.28. The highest BCUT2D eigenvalue weighted by Gasteiger charge is 2.18. The van der Waals surface area contributed by atoms with Gasteiger partial charge in [-0.25, -0.2) is 13.1 Å². The van der Waals surface area contributed by atoms with Gasteiger partial charge in [-0.15, -0.1) is 0 Å². The normalized spacial score (nSPS) is 13.2. The zero-order valence-corrected chi connectivity index (χ0v) is 13.3. The zero-order chi connectivity index (χ0) is 14.6. The molecule has 0 bridgehead atoms. The second kappa shape index (κ2) is 6.76. The van der Waals surface area contributed by atoms with Gasteiger partial charge in [0.1, 0.15) is 9.88 Å². The highest BCUT2D eigenvalue weighted by atomic mass is 35.5. The Balaban J connectivity index is 3.03. The second-order valence-electron chi connectivity index (χ2n) is 3.68. The van der Waals surface area contributed by atoms with Crippen LogP contribution in [0.25, 0.3) is 0 Å². The summed E-state index contributed by atoms with van der Waals surface area (Å²) in [5, 5.41) is 0.0742. The Morgan fingerprint density at radius 3 is 2.68 bits per heavy atom. The molecule has 0 saturated carbocycles. The topological polar surface area (TPSA) is 89.3 Å². The molecule has 0 heterocycles. The minimum Gasteiger partial charge on any atom is -0.389 e. The number of hydrogen-bond acceptors (Lipinski definition) is 4. The Hall–Kier alpha value is -0.540. The Labute approximate surface area is 125 Å². The van der Waals surface area contributed by atoms with Crippen LogP contribution in [-0.4, -0.2) is 36.2 Å². The highest BCUT2D eigenvalue weighted by Crippen LogP contribution is 2.22. The Bertz CT molecular complexity index is 616. The van der Waals surface area contributed by atoms with Gasteiger partial charge in [0.25, 0.3) is 0 Å². The molecule has 1 aromatic rings. The van der Waals surface area contributed by atoms with E-state index in [1.165, 1.54) is 18.4 Å². The Morgan fingerprint density at radius 1 is 1.53 bits per heavy atom. The van der Waals surface area contributed by atoms with E-state index in [4.69, 9.17) is 29.6 Å². The number of nitrogens with two attached hydrogens (primary N) is 1. The van der Waals surface area contributed by atoms with E-state index >= 15 is 0 Å². The molecular formula is C10H13ClN2O3S3. The van der Waals surface area contributed by atoms with E-state index in [9.17, 15) is 12.6 Å². The molecular weight excluding hydrogens is 328 g/mol. The molecule has 0 aliphatic carbocycles. The molecule has 0 spiro atoms. The van der Waals surface area contributed by atoms with Crippen molar-refractivity contribution in [2.75, 3.05) is 18.6 Å². The molecule has 0 aliphatic rings. The quantitative estimate of drug-likeness (QED) is 0.741. The van der Waals surface area contributed by atoms with Crippen molar-refractivity contribution in [2.24, 2.45) is 5.73 Å². The average Bonchev–Trinajstić information content (AvgIpc) is 2.28. The lowest BCUT2D eigenvalue weighted by molar-refractivity contribution is 0.584. The van der Waals surface area contributed by atoms with Crippen molar-refractivity contribution in [3.05, 3.63) is 28.8 Å². The van der Waals surface area contributed by atoms with Crippen LogP contribution in [0.3, 0.4) is 0 Å². The molecule has 5 nitrogen and oxygen atoms in total. The first-order valence-corrected chi connectivity index (χ1v) is 9.13. The minimum atomic E-state index is -3.77. The molecule has 3 N–H and O–H groups in total. The number of nitrogens with one attached hydrogen (secondary N) is 1. The molecule has 0 amide bonds. The lowest BCUT2D eigenvalue weighted by atomic mass is 10.2. The third-order valence-corrected chi connectivity index (χ3v) is 5.14. The molecule has 0 aromatic heterocycles. The first-order chi connectivity index (χ1) is 8.74. The Morgan fingerprint density at radius 2 is 2.16 bits per heavy atom. The van der Waals surface area contributed by atoms with Crippen molar-refractivity contribution in [1.29, 1.82) is 0 Å². The van der Waals surface area contributed by atoms with Crippen molar-refractivity contribution in [3.63, 3.8) is 0 Å². The van der Waals surface area contributed by atoms with Crippen molar-refractivity contribution in [2.45, 2.75) is 4.90 Å². The van der Waals surface area contributed by atoms with Crippen LogP contribution >= 0.6 is 23.8 Å². The largest absolute Gasteiger partial charge is 0.389 e. The summed E-state index contributed by atoms with van der Waals surface area (Å²) in [6.07, 6.45) is 1.49. The number of sulfonamides is 1. The van der Waals surface area contributed by atoms with Crippen LogP contribution in [-0.2, 0) is 20.8 Å². The van der Waals surface area contributed by atoms with Crippen LogP contribution < -0.4 is 10.5 Å². The predicted molar refractivity (Wildman–Crippen MR) is 81.5 cm³/mol. The van der Waals surface area contributed by atoms with Crippen LogP contribution in [0.5, 0.6) is 0 Å². The van der Waals surface area contributed by atoms with Crippen molar-refractivity contribution in [1.82, 2.24) is 4.72 Å². The van der Waals surface area contributed by atoms with Gasteiger partial charge >= 0.3 is 0 Å². The molecule has 19 heavy (non-hydrogen) atoms. The van der Waals surface area contributed by atoms with E-state index in [1.807, 2.05) is 0 Å². The monoisotopic (exact) mass is 340 g/mol. The molecule has 0 radical (unpaired) electrons. The molecule has 9 heteroatoms. The van der Waals surface area contributed by atoms with Crippen molar-refractivity contribution < 1.29 is 12.6 Å². The van der Waals surface area contributed by atoms with Gasteiger partial charge < -0.3 is 5.73 Å². The smallest absolute Gasteiger partial charge is 0.242 e. The van der Waals surface area contributed by atoms with Gasteiger partial charge in [-0.1, -0.05) is 29.9 Å². The third-order valence-electron chi connectivity index (χ3n) is 2.19. The van der Waals surface area contributed by atoms with E-state index in [2.05, 4.69) is 4.72 Å². The van der Waals surface area contributed by atoms with Crippen LogP contribution in [0, 0.1) is 0 Å². The summed E-state index contributed by atoms with van der Waals surface area (Å²) in [4.78, 5) is -0.0101. The molecule has 0 saturated heterocycles. The number of hydrogen-bond donors (Lipinski definition) is 2. The maximum Gasteiger partial charge on any atom is 0.242 e. The first-order valence-electron chi connectivity index (χ1n) is 5.13. The first kappa shape index (κ1) is 16.5. The summed E-state index contributed by atoms with van der Waals surface area (Å²) >= 11 is 10.7. The van der Waals surface area contributed by atoms with Crippen LogP contribution in [0.15, 0.2) is 23.1 Å². The SMILES string of the molecule is CS(=O)CCNS(=O)(=O)c1cc(C(N)=S)ccc1Cl. The molecule has 1 aromatic carbocycles. The van der Waals surface area contributed by atoms with Gasteiger partial charge in [-0.05, 0) is 12.1 Å². The van der Waals surface area contributed by atoms with Gasteiger partial charge in [0.15, 0.2) is 0 Å². The maximum absolute atomic E-state index is 12.0. The summed E-state index contributed by atoms with van der Waals surface area (Å²) < 4.78 is 37.3. The summed E-state index contributed by atoms with van der Waals surface area (Å²) in [5.74, 6) is 0.228. The number of rotatable bonds is 6. The second-order valence-corrected chi connectivity index (χ2v) is 7.82. The van der Waals surface area contributed by atoms with E-state index in [0.29, 0.717) is 5.56 Å². The van der Waals surface area contributed by atoms with E-state index in [0.717, 1.165) is 0 Å². The van der Waals surface area contributed by atoms with Crippen LogP contribution in [0.2, 0.25) is 5.02 Å². The number of thiocarbonyl (C=S) groups is 1. The van der Waals surface area contributed by atoms with E-state index in [1.54, 1.807) is 6.07 Å². The Kier molecular flexibility index (Phi) is 5.87. The molecule has 0 aliphatic heterocycles. The predicted octanol–water partition coefficient (Wildman–Crippen LogP) is 0.631. The molecule has 106 valence electrons. The van der Waals surface area contributed by atoms with Gasteiger partial charge in [0.05, 0.1) is 5.02 Å². The standard InChI is InChI=1S/C10H13ClN2O3S3/c1-18(14)5-4-13-19(15,16)9-6-7(10(12)17)2-3-8(9)11/h2-3,6,13H,4-5H2,1H3,(H2,12,17). The van der Waals surface area contributed by atoms with Gasteiger partial charge in [-0.3, -0.25) is 4.21 Å². The maximum atomic E-state index is 12.0. The molecule has 1 unspecified atom stereocenters. The number of benzene rings is 1. The van der Waals surface area contributed by atoms with Gasteiger partial charge in [0, 0.05) is 34.9 Å². The zero-order valence-electron chi connectivity index (χ0n) is 10.1. The lowest BCUT2D eigenvalue weighted by Gasteiger charge is -2.09. The highest BCUT2D eigenvalue weighted by molar-refractivity contribution is 7.89. The fraction of sp³-hybridized carbons (Fsp3) is 0.300. The summed E-state index contributed by atoms with van der Waals surface area (Å²) in [6.45, 7) is 0.0685. The average molecular weight is 341 g/mol. The number of halogens is 1. The fourth-order valence-electron chi connectivity index (χ4n) is 1.26. The minimum absolute atomic E-state index is 0.0685. The molecule has 1 rings (SSSR count). The van der Waals surface area contributed by atoms with Crippen molar-refractivity contribution in [3.8, 4) is 0 Å². The third kappa shape index (κ3) is 4.81. The van der Waals surface area contributed by atoms with Gasteiger partial charge in [0.2, 0.25) is 10.0 Å². The molecule has 1 atom stereocenters. The van der Waals surface area contributed by atoms with E-state index < -0.39 is 20.8 Å². The van der Waals surface area contributed by atoms with Gasteiger partial charge in [-0.2, -0.15) is 0 Å². The fourth-order valence-corrected chi connectivity index (χ4v) is 3.46. The summed E-state index contributed by atoms with van der Waals surface area (Å²) in [7, 11) is -4.85.